The predicted molar refractivity (Wildman–Crippen MR) is 62.3 cm³/mol. The zero-order chi connectivity index (χ0) is 11.3. The van der Waals surface area contributed by atoms with E-state index in [4.69, 9.17) is 4.74 Å². The molecule has 0 fully saturated rings. The van der Waals surface area contributed by atoms with E-state index >= 15 is 0 Å². The fourth-order valence-electron chi connectivity index (χ4n) is 1.03. The minimum absolute atomic E-state index is 0.336. The standard InChI is InChI=1S/C11H12BrNO2/c1-3-15-11(14)5-4-9-6-13-7-10(12)8(9)2/h4-7H,3H2,1-2H3. The second-order valence-corrected chi connectivity index (χ2v) is 3.78. The van der Waals surface area contributed by atoms with E-state index in [1.165, 1.54) is 6.08 Å². The Morgan fingerprint density at radius 1 is 1.60 bits per heavy atom. The summed E-state index contributed by atoms with van der Waals surface area (Å²) < 4.78 is 5.70. The second kappa shape index (κ2) is 5.66. The zero-order valence-corrected chi connectivity index (χ0v) is 10.2. The van der Waals surface area contributed by atoms with E-state index < -0.39 is 0 Å². The summed E-state index contributed by atoms with van der Waals surface area (Å²) in [6.45, 7) is 4.12. The van der Waals surface area contributed by atoms with Crippen molar-refractivity contribution in [3.8, 4) is 0 Å². The van der Waals surface area contributed by atoms with Crippen LogP contribution < -0.4 is 0 Å². The smallest absolute Gasteiger partial charge is 0.330 e. The summed E-state index contributed by atoms with van der Waals surface area (Å²) >= 11 is 3.37. The van der Waals surface area contributed by atoms with Gasteiger partial charge in [0.05, 0.1) is 6.61 Å². The minimum Gasteiger partial charge on any atom is -0.463 e. The summed E-state index contributed by atoms with van der Waals surface area (Å²) in [4.78, 5) is 15.1. The van der Waals surface area contributed by atoms with Crippen LogP contribution in [0.3, 0.4) is 0 Å². The van der Waals surface area contributed by atoms with Crippen LogP contribution in [0.5, 0.6) is 0 Å². The first kappa shape index (κ1) is 11.9. The summed E-state index contributed by atoms with van der Waals surface area (Å²) in [5.74, 6) is -0.336. The number of hydrogen-bond donors (Lipinski definition) is 0. The molecule has 0 aliphatic carbocycles. The van der Waals surface area contributed by atoms with Gasteiger partial charge >= 0.3 is 5.97 Å². The van der Waals surface area contributed by atoms with Gasteiger partial charge in [0.15, 0.2) is 0 Å². The average Bonchev–Trinajstić information content (AvgIpc) is 2.21. The topological polar surface area (TPSA) is 39.2 Å². The van der Waals surface area contributed by atoms with Gasteiger partial charge in [-0.1, -0.05) is 0 Å². The number of ether oxygens (including phenoxy) is 1. The maximum atomic E-state index is 11.1. The first-order chi connectivity index (χ1) is 7.15. The summed E-state index contributed by atoms with van der Waals surface area (Å²) in [6.07, 6.45) is 6.53. The lowest BCUT2D eigenvalue weighted by Crippen LogP contribution is -1.98. The predicted octanol–water partition coefficient (Wildman–Crippen LogP) is 2.73. The third kappa shape index (κ3) is 3.47. The average molecular weight is 270 g/mol. The van der Waals surface area contributed by atoms with Crippen LogP contribution in [-0.4, -0.2) is 17.6 Å². The van der Waals surface area contributed by atoms with Crippen molar-refractivity contribution >= 4 is 28.0 Å². The van der Waals surface area contributed by atoms with Gasteiger partial charge in [-0.25, -0.2) is 4.79 Å². The molecule has 0 aromatic carbocycles. The van der Waals surface area contributed by atoms with Gasteiger partial charge in [0.1, 0.15) is 0 Å². The monoisotopic (exact) mass is 269 g/mol. The van der Waals surface area contributed by atoms with E-state index in [9.17, 15) is 4.79 Å². The van der Waals surface area contributed by atoms with Gasteiger partial charge in [-0.2, -0.15) is 0 Å². The number of rotatable bonds is 3. The highest BCUT2D eigenvalue weighted by atomic mass is 79.9. The molecule has 0 atom stereocenters. The Balaban J connectivity index is 2.81. The van der Waals surface area contributed by atoms with Crippen molar-refractivity contribution in [1.82, 2.24) is 4.98 Å². The highest BCUT2D eigenvalue weighted by Gasteiger charge is 2.00. The molecule has 1 heterocycles. The molecular weight excluding hydrogens is 258 g/mol. The van der Waals surface area contributed by atoms with Crippen LogP contribution in [0.15, 0.2) is 22.9 Å². The number of esters is 1. The minimum atomic E-state index is -0.336. The van der Waals surface area contributed by atoms with E-state index in [0.29, 0.717) is 6.61 Å². The third-order valence-electron chi connectivity index (χ3n) is 1.88. The number of pyridine rings is 1. The maximum absolute atomic E-state index is 11.1. The molecule has 0 aliphatic rings. The Kier molecular flexibility index (Phi) is 4.49. The van der Waals surface area contributed by atoms with Crippen molar-refractivity contribution in [3.05, 3.63) is 34.1 Å². The third-order valence-corrected chi connectivity index (χ3v) is 2.68. The van der Waals surface area contributed by atoms with Crippen LogP contribution in [0.1, 0.15) is 18.1 Å². The van der Waals surface area contributed by atoms with Crippen LogP contribution in [0.25, 0.3) is 6.08 Å². The van der Waals surface area contributed by atoms with Gasteiger partial charge in [0.25, 0.3) is 0 Å². The van der Waals surface area contributed by atoms with E-state index in [0.717, 1.165) is 15.6 Å². The lowest BCUT2D eigenvalue weighted by molar-refractivity contribution is -0.137. The fourth-order valence-corrected chi connectivity index (χ4v) is 1.38. The molecule has 1 rings (SSSR count). The molecule has 0 unspecified atom stereocenters. The van der Waals surface area contributed by atoms with E-state index in [2.05, 4.69) is 20.9 Å². The quantitative estimate of drug-likeness (QED) is 0.626. The van der Waals surface area contributed by atoms with Crippen LogP contribution in [0.2, 0.25) is 0 Å². The van der Waals surface area contributed by atoms with Gasteiger partial charge in [-0.05, 0) is 47.0 Å². The molecule has 1 aromatic rings. The largest absolute Gasteiger partial charge is 0.463 e. The summed E-state index contributed by atoms with van der Waals surface area (Å²) in [6, 6.07) is 0. The van der Waals surface area contributed by atoms with Gasteiger partial charge < -0.3 is 4.74 Å². The zero-order valence-electron chi connectivity index (χ0n) is 8.66. The van der Waals surface area contributed by atoms with Gasteiger partial charge in [-0.15, -0.1) is 0 Å². The van der Waals surface area contributed by atoms with Crippen LogP contribution in [0.4, 0.5) is 0 Å². The molecule has 0 aliphatic heterocycles. The Hall–Kier alpha value is -1.16. The van der Waals surface area contributed by atoms with Crippen LogP contribution in [0, 0.1) is 6.92 Å². The Morgan fingerprint density at radius 2 is 2.33 bits per heavy atom. The Morgan fingerprint density at radius 3 is 3.00 bits per heavy atom. The number of aromatic nitrogens is 1. The molecule has 1 aromatic heterocycles. The van der Waals surface area contributed by atoms with Crippen molar-refractivity contribution in [2.45, 2.75) is 13.8 Å². The van der Waals surface area contributed by atoms with E-state index in [1.54, 1.807) is 25.4 Å². The molecule has 0 radical (unpaired) electrons. The highest BCUT2D eigenvalue weighted by molar-refractivity contribution is 9.10. The molecule has 4 heteroatoms. The molecule has 0 bridgehead atoms. The number of carbonyl (C=O) groups is 1. The Labute approximate surface area is 97.3 Å². The van der Waals surface area contributed by atoms with Gasteiger partial charge in [-0.3, -0.25) is 4.98 Å². The van der Waals surface area contributed by atoms with Crippen LogP contribution >= 0.6 is 15.9 Å². The highest BCUT2D eigenvalue weighted by Crippen LogP contribution is 2.18. The summed E-state index contributed by atoms with van der Waals surface area (Å²) in [5.41, 5.74) is 1.95. The lowest BCUT2D eigenvalue weighted by Gasteiger charge is -2.01. The lowest BCUT2D eigenvalue weighted by atomic mass is 10.1. The first-order valence-corrected chi connectivity index (χ1v) is 5.39. The van der Waals surface area contributed by atoms with Crippen molar-refractivity contribution in [2.24, 2.45) is 0 Å². The molecule has 15 heavy (non-hydrogen) atoms. The summed E-state index contributed by atoms with van der Waals surface area (Å²) in [7, 11) is 0. The number of carbonyl (C=O) groups excluding carboxylic acids is 1. The normalized spacial score (nSPS) is 10.6. The number of hydrogen-bond acceptors (Lipinski definition) is 3. The molecule has 0 spiro atoms. The molecule has 0 saturated heterocycles. The molecule has 0 saturated carbocycles. The molecular formula is C11H12BrNO2. The molecule has 0 N–H and O–H groups in total. The van der Waals surface area contributed by atoms with Crippen molar-refractivity contribution < 1.29 is 9.53 Å². The van der Waals surface area contributed by atoms with Crippen LogP contribution in [-0.2, 0) is 9.53 Å². The van der Waals surface area contributed by atoms with E-state index in [1.807, 2.05) is 6.92 Å². The van der Waals surface area contributed by atoms with E-state index in [-0.39, 0.29) is 5.97 Å². The first-order valence-electron chi connectivity index (χ1n) is 4.60. The number of nitrogens with zero attached hydrogens (tertiary/aromatic N) is 1. The number of halogens is 1. The fraction of sp³-hybridized carbons (Fsp3) is 0.273. The maximum Gasteiger partial charge on any atom is 0.330 e. The second-order valence-electron chi connectivity index (χ2n) is 2.92. The molecule has 3 nitrogen and oxygen atoms in total. The Bertz CT molecular complexity index is 388. The summed E-state index contributed by atoms with van der Waals surface area (Å²) in [5, 5.41) is 0. The van der Waals surface area contributed by atoms with Gasteiger partial charge in [0.2, 0.25) is 0 Å². The molecule has 80 valence electrons. The van der Waals surface area contributed by atoms with Gasteiger partial charge in [0, 0.05) is 22.9 Å². The van der Waals surface area contributed by atoms with Crippen molar-refractivity contribution in [2.75, 3.05) is 6.61 Å². The molecule has 0 amide bonds. The van der Waals surface area contributed by atoms with Crippen molar-refractivity contribution in [3.63, 3.8) is 0 Å². The van der Waals surface area contributed by atoms with Crippen molar-refractivity contribution in [1.29, 1.82) is 0 Å². The SMILES string of the molecule is CCOC(=O)C=Cc1cncc(Br)c1C.